The van der Waals surface area contributed by atoms with Crippen molar-refractivity contribution in [3.05, 3.63) is 23.8 Å². The first kappa shape index (κ1) is 13.6. The minimum absolute atomic E-state index is 0.166. The van der Waals surface area contributed by atoms with Gasteiger partial charge in [-0.25, -0.2) is 0 Å². The van der Waals surface area contributed by atoms with Gasteiger partial charge in [-0.05, 0) is 55.7 Å². The normalized spacial score (nSPS) is 19.1. The quantitative estimate of drug-likeness (QED) is 0.830. The van der Waals surface area contributed by atoms with E-state index in [1.807, 2.05) is 4.90 Å². The molecule has 0 aromatic heterocycles. The summed E-state index contributed by atoms with van der Waals surface area (Å²) < 4.78 is 39.6. The molecule has 2 fully saturated rings. The molecule has 2 nitrogen and oxygen atoms in total. The number of rotatable bonds is 5. The molecule has 3 rings (SSSR count). The van der Waals surface area contributed by atoms with Crippen molar-refractivity contribution in [2.24, 2.45) is 11.8 Å². The van der Waals surface area contributed by atoms with Gasteiger partial charge in [0, 0.05) is 24.5 Å². The molecular weight excluding hydrogens is 265 g/mol. The zero-order valence-electron chi connectivity index (χ0n) is 11.3. The number of hydrogen-bond acceptors (Lipinski definition) is 2. The fourth-order valence-corrected chi connectivity index (χ4v) is 2.55. The summed E-state index contributed by atoms with van der Waals surface area (Å²) in [5, 5.41) is 0. The lowest BCUT2D eigenvalue weighted by atomic mass is 10.1. The van der Waals surface area contributed by atoms with Crippen LogP contribution < -0.4 is 10.6 Å². The van der Waals surface area contributed by atoms with Gasteiger partial charge in [0.05, 0.1) is 5.56 Å². The summed E-state index contributed by atoms with van der Waals surface area (Å²) in [5.41, 5.74) is 5.40. The van der Waals surface area contributed by atoms with Crippen LogP contribution in [0.2, 0.25) is 0 Å². The maximum atomic E-state index is 13.2. The van der Waals surface area contributed by atoms with Crippen molar-refractivity contribution in [1.29, 1.82) is 0 Å². The Hall–Kier alpha value is -1.39. The average Bonchev–Trinajstić information content (AvgIpc) is 3.22. The molecule has 1 aromatic rings. The Morgan fingerprint density at radius 1 is 1.05 bits per heavy atom. The van der Waals surface area contributed by atoms with Gasteiger partial charge in [0.1, 0.15) is 0 Å². The molecule has 2 aliphatic carbocycles. The Balaban J connectivity index is 1.91. The first-order chi connectivity index (χ1) is 9.43. The number of hydrogen-bond donors (Lipinski definition) is 1. The van der Waals surface area contributed by atoms with Crippen molar-refractivity contribution >= 4 is 11.4 Å². The number of alkyl halides is 3. The highest BCUT2D eigenvalue weighted by Crippen LogP contribution is 2.41. The SMILES string of the molecule is Nc1ccc(N(CC2CC2)CC2CC2)c(C(F)(F)F)c1. The Morgan fingerprint density at radius 3 is 2.05 bits per heavy atom. The second-order valence-corrected chi connectivity index (χ2v) is 6.07. The van der Waals surface area contributed by atoms with E-state index in [9.17, 15) is 13.2 Å². The smallest absolute Gasteiger partial charge is 0.399 e. The second kappa shape index (κ2) is 4.86. The number of benzene rings is 1. The maximum absolute atomic E-state index is 13.2. The highest BCUT2D eigenvalue weighted by Gasteiger charge is 2.37. The van der Waals surface area contributed by atoms with Crippen molar-refractivity contribution in [2.45, 2.75) is 31.9 Å². The third-order valence-electron chi connectivity index (χ3n) is 4.02. The fraction of sp³-hybridized carbons (Fsp3) is 0.600. The molecule has 2 aliphatic rings. The van der Waals surface area contributed by atoms with E-state index in [0.717, 1.165) is 44.8 Å². The van der Waals surface area contributed by atoms with E-state index in [1.165, 1.54) is 6.07 Å². The van der Waals surface area contributed by atoms with E-state index >= 15 is 0 Å². The molecular formula is C15H19F3N2. The highest BCUT2D eigenvalue weighted by molar-refractivity contribution is 5.61. The van der Waals surface area contributed by atoms with Gasteiger partial charge in [-0.1, -0.05) is 0 Å². The summed E-state index contributed by atoms with van der Waals surface area (Å²) in [5.74, 6) is 1.12. The number of nitrogens with two attached hydrogens (primary N) is 1. The zero-order chi connectivity index (χ0) is 14.3. The van der Waals surface area contributed by atoms with Crippen LogP contribution in [0.3, 0.4) is 0 Å². The predicted molar refractivity (Wildman–Crippen MR) is 73.5 cm³/mol. The molecule has 5 heteroatoms. The van der Waals surface area contributed by atoms with E-state index in [0.29, 0.717) is 17.5 Å². The standard InChI is InChI=1S/C15H19F3N2/c16-15(17,18)13-7-12(19)5-6-14(13)20(8-10-1-2-10)9-11-3-4-11/h5-7,10-11H,1-4,8-9,19H2. The van der Waals surface area contributed by atoms with Gasteiger partial charge in [0.15, 0.2) is 0 Å². The van der Waals surface area contributed by atoms with E-state index < -0.39 is 11.7 Å². The molecule has 0 spiro atoms. The molecule has 0 amide bonds. The molecule has 0 bridgehead atoms. The first-order valence-electron chi connectivity index (χ1n) is 7.15. The molecule has 20 heavy (non-hydrogen) atoms. The van der Waals surface area contributed by atoms with Gasteiger partial charge in [-0.2, -0.15) is 13.2 Å². The zero-order valence-corrected chi connectivity index (χ0v) is 11.3. The van der Waals surface area contributed by atoms with Gasteiger partial charge in [-0.15, -0.1) is 0 Å². The molecule has 110 valence electrons. The predicted octanol–water partition coefficient (Wildman–Crippen LogP) is 3.91. The van der Waals surface area contributed by atoms with Crippen LogP contribution in [0.4, 0.5) is 24.5 Å². The van der Waals surface area contributed by atoms with Crippen LogP contribution in [0.1, 0.15) is 31.2 Å². The summed E-state index contributed by atoms with van der Waals surface area (Å²) in [6.07, 6.45) is 0.194. The van der Waals surface area contributed by atoms with Crippen molar-refractivity contribution in [1.82, 2.24) is 0 Å². The largest absolute Gasteiger partial charge is 0.418 e. The second-order valence-electron chi connectivity index (χ2n) is 6.07. The third-order valence-corrected chi connectivity index (χ3v) is 4.02. The van der Waals surface area contributed by atoms with Crippen LogP contribution >= 0.6 is 0 Å². The number of nitrogens with zero attached hydrogens (tertiary/aromatic N) is 1. The molecule has 0 saturated heterocycles. The van der Waals surface area contributed by atoms with E-state index in [1.54, 1.807) is 6.07 Å². The van der Waals surface area contributed by atoms with Crippen LogP contribution in [0.5, 0.6) is 0 Å². The van der Waals surface area contributed by atoms with Gasteiger partial charge >= 0.3 is 6.18 Å². The number of anilines is 2. The molecule has 0 atom stereocenters. The van der Waals surface area contributed by atoms with Crippen molar-refractivity contribution in [3.63, 3.8) is 0 Å². The van der Waals surface area contributed by atoms with Crippen molar-refractivity contribution < 1.29 is 13.2 Å². The molecule has 0 radical (unpaired) electrons. The third kappa shape index (κ3) is 3.19. The van der Waals surface area contributed by atoms with Crippen LogP contribution in [0.15, 0.2) is 18.2 Å². The molecule has 0 aliphatic heterocycles. The lowest BCUT2D eigenvalue weighted by Gasteiger charge is -2.28. The average molecular weight is 284 g/mol. The van der Waals surface area contributed by atoms with Crippen molar-refractivity contribution in [2.75, 3.05) is 23.7 Å². The monoisotopic (exact) mass is 284 g/mol. The van der Waals surface area contributed by atoms with Crippen LogP contribution in [-0.2, 0) is 6.18 Å². The van der Waals surface area contributed by atoms with Gasteiger partial charge < -0.3 is 10.6 Å². The maximum Gasteiger partial charge on any atom is 0.418 e. The Morgan fingerprint density at radius 2 is 1.60 bits per heavy atom. The van der Waals surface area contributed by atoms with Gasteiger partial charge in [0.25, 0.3) is 0 Å². The van der Waals surface area contributed by atoms with E-state index in [2.05, 4.69) is 0 Å². The minimum Gasteiger partial charge on any atom is -0.399 e. The van der Waals surface area contributed by atoms with E-state index in [-0.39, 0.29) is 5.69 Å². The van der Waals surface area contributed by atoms with Crippen molar-refractivity contribution in [3.8, 4) is 0 Å². The van der Waals surface area contributed by atoms with Crippen LogP contribution in [-0.4, -0.2) is 13.1 Å². The summed E-state index contributed by atoms with van der Waals surface area (Å²) in [7, 11) is 0. The highest BCUT2D eigenvalue weighted by atomic mass is 19.4. The van der Waals surface area contributed by atoms with E-state index in [4.69, 9.17) is 5.73 Å². The molecule has 1 aromatic carbocycles. The summed E-state index contributed by atoms with van der Waals surface area (Å²) in [4.78, 5) is 1.93. The summed E-state index contributed by atoms with van der Waals surface area (Å²) in [6, 6.07) is 4.16. The fourth-order valence-electron chi connectivity index (χ4n) is 2.55. The summed E-state index contributed by atoms with van der Waals surface area (Å²) in [6.45, 7) is 1.48. The Kier molecular flexibility index (Phi) is 3.30. The molecule has 0 unspecified atom stereocenters. The first-order valence-corrected chi connectivity index (χ1v) is 7.15. The summed E-state index contributed by atoms with van der Waals surface area (Å²) >= 11 is 0. The molecule has 0 heterocycles. The number of nitrogen functional groups attached to an aromatic ring is 1. The van der Waals surface area contributed by atoms with Gasteiger partial charge in [0.2, 0.25) is 0 Å². The van der Waals surface area contributed by atoms with Crippen LogP contribution in [0, 0.1) is 11.8 Å². The lowest BCUT2D eigenvalue weighted by Crippen LogP contribution is -2.30. The topological polar surface area (TPSA) is 29.3 Å². The van der Waals surface area contributed by atoms with Crippen LogP contribution in [0.25, 0.3) is 0 Å². The minimum atomic E-state index is -4.35. The molecule has 2 saturated carbocycles. The number of halogens is 3. The van der Waals surface area contributed by atoms with Gasteiger partial charge in [-0.3, -0.25) is 0 Å². The Labute approximate surface area is 116 Å². The molecule has 2 N–H and O–H groups in total. The Bertz CT molecular complexity index is 476. The lowest BCUT2D eigenvalue weighted by molar-refractivity contribution is -0.137.